The molecule has 0 spiro atoms. The predicted octanol–water partition coefficient (Wildman–Crippen LogP) is 2.63. The van der Waals surface area contributed by atoms with Gasteiger partial charge in [0.25, 0.3) is 0 Å². The topological polar surface area (TPSA) is 55.1 Å². The highest BCUT2D eigenvalue weighted by Gasteiger charge is 2.32. The van der Waals surface area contributed by atoms with Gasteiger partial charge in [-0.1, -0.05) is 33.0 Å². The van der Waals surface area contributed by atoms with E-state index >= 15 is 0 Å². The molecule has 0 aromatic rings. The van der Waals surface area contributed by atoms with E-state index in [1.807, 2.05) is 6.92 Å². The molecular weight excluding hydrogens is 244 g/mol. The standard InChI is InChI=1S/C14H26N2OS/c1-9(12(15)18)16-13(17)10-5-7-11(8-6-10)14(2,3)4/h9-11H,5-8H2,1-4H3,(H2,15,18)(H,16,17). The minimum atomic E-state index is -0.201. The zero-order chi connectivity index (χ0) is 13.9. The third kappa shape index (κ3) is 4.23. The Labute approximate surface area is 116 Å². The fourth-order valence-electron chi connectivity index (χ4n) is 2.62. The number of rotatable bonds is 3. The number of nitrogens with two attached hydrogens (primary N) is 1. The molecule has 18 heavy (non-hydrogen) atoms. The van der Waals surface area contributed by atoms with Crippen molar-refractivity contribution in [3.05, 3.63) is 0 Å². The summed E-state index contributed by atoms with van der Waals surface area (Å²) < 4.78 is 0. The van der Waals surface area contributed by atoms with E-state index in [-0.39, 0.29) is 17.9 Å². The van der Waals surface area contributed by atoms with Crippen molar-refractivity contribution in [1.82, 2.24) is 5.32 Å². The van der Waals surface area contributed by atoms with Crippen molar-refractivity contribution in [2.45, 2.75) is 59.4 Å². The Morgan fingerprint density at radius 3 is 2.17 bits per heavy atom. The van der Waals surface area contributed by atoms with E-state index in [4.69, 9.17) is 18.0 Å². The van der Waals surface area contributed by atoms with Crippen LogP contribution in [-0.4, -0.2) is 16.9 Å². The Kier molecular flexibility index (Phi) is 5.14. The second kappa shape index (κ2) is 6.00. The van der Waals surface area contributed by atoms with Crippen molar-refractivity contribution >= 4 is 23.1 Å². The van der Waals surface area contributed by atoms with E-state index < -0.39 is 0 Å². The minimum Gasteiger partial charge on any atom is -0.392 e. The lowest BCUT2D eigenvalue weighted by Crippen LogP contribution is -2.44. The molecule has 3 nitrogen and oxygen atoms in total. The van der Waals surface area contributed by atoms with Crippen LogP contribution in [-0.2, 0) is 4.79 Å². The molecular formula is C14H26N2OS. The highest BCUT2D eigenvalue weighted by atomic mass is 32.1. The summed E-state index contributed by atoms with van der Waals surface area (Å²) in [6.45, 7) is 8.69. The van der Waals surface area contributed by atoms with Crippen LogP contribution < -0.4 is 11.1 Å². The van der Waals surface area contributed by atoms with Crippen LogP contribution in [0.3, 0.4) is 0 Å². The van der Waals surface area contributed by atoms with E-state index in [1.54, 1.807) is 0 Å². The third-order valence-corrected chi connectivity index (χ3v) is 4.46. The van der Waals surface area contributed by atoms with E-state index in [2.05, 4.69) is 26.1 Å². The lowest BCUT2D eigenvalue weighted by molar-refractivity contribution is -0.126. The summed E-state index contributed by atoms with van der Waals surface area (Å²) in [5.41, 5.74) is 5.86. The van der Waals surface area contributed by atoms with Crippen LogP contribution in [0.4, 0.5) is 0 Å². The van der Waals surface area contributed by atoms with Crippen LogP contribution in [0.5, 0.6) is 0 Å². The fraction of sp³-hybridized carbons (Fsp3) is 0.857. The van der Waals surface area contributed by atoms with Gasteiger partial charge in [0.15, 0.2) is 0 Å². The van der Waals surface area contributed by atoms with E-state index in [1.165, 1.54) is 0 Å². The summed E-state index contributed by atoms with van der Waals surface area (Å²) in [6.07, 6.45) is 4.25. The molecule has 3 N–H and O–H groups in total. The number of amides is 1. The maximum atomic E-state index is 12.0. The van der Waals surface area contributed by atoms with Crippen molar-refractivity contribution in [3.63, 3.8) is 0 Å². The Morgan fingerprint density at radius 1 is 1.28 bits per heavy atom. The summed E-state index contributed by atoms with van der Waals surface area (Å²) in [4.78, 5) is 12.4. The first kappa shape index (κ1) is 15.4. The molecule has 0 saturated heterocycles. The normalized spacial score (nSPS) is 26.4. The largest absolute Gasteiger partial charge is 0.392 e. The number of hydrogen-bond donors (Lipinski definition) is 2. The average molecular weight is 270 g/mol. The van der Waals surface area contributed by atoms with Gasteiger partial charge in [0.2, 0.25) is 5.91 Å². The molecule has 1 amide bonds. The summed E-state index contributed by atoms with van der Waals surface area (Å²) in [5.74, 6) is 0.984. The second-order valence-corrected chi connectivity index (χ2v) is 7.02. The Bertz CT molecular complexity index is 314. The maximum absolute atomic E-state index is 12.0. The quantitative estimate of drug-likeness (QED) is 0.775. The predicted molar refractivity (Wildman–Crippen MR) is 79.3 cm³/mol. The lowest BCUT2D eigenvalue weighted by Gasteiger charge is -2.36. The average Bonchev–Trinajstić information content (AvgIpc) is 2.27. The van der Waals surface area contributed by atoms with Gasteiger partial charge in [0.1, 0.15) is 0 Å². The van der Waals surface area contributed by atoms with Crippen molar-refractivity contribution in [1.29, 1.82) is 0 Å². The molecule has 0 aliphatic heterocycles. The number of carbonyl (C=O) groups is 1. The Morgan fingerprint density at radius 2 is 1.78 bits per heavy atom. The van der Waals surface area contributed by atoms with Crippen LogP contribution in [0.25, 0.3) is 0 Å². The van der Waals surface area contributed by atoms with Gasteiger partial charge in [-0.25, -0.2) is 0 Å². The molecule has 1 atom stereocenters. The lowest BCUT2D eigenvalue weighted by atomic mass is 9.69. The smallest absolute Gasteiger partial charge is 0.223 e. The van der Waals surface area contributed by atoms with E-state index in [0.717, 1.165) is 31.6 Å². The molecule has 0 aromatic heterocycles. The highest BCUT2D eigenvalue weighted by molar-refractivity contribution is 7.80. The summed E-state index contributed by atoms with van der Waals surface area (Å²) in [5, 5.41) is 2.90. The van der Waals surface area contributed by atoms with E-state index in [9.17, 15) is 4.79 Å². The van der Waals surface area contributed by atoms with Crippen LogP contribution in [0.2, 0.25) is 0 Å². The number of hydrogen-bond acceptors (Lipinski definition) is 2. The van der Waals surface area contributed by atoms with Crippen molar-refractivity contribution in [2.24, 2.45) is 23.0 Å². The van der Waals surface area contributed by atoms with Crippen LogP contribution in [0, 0.1) is 17.3 Å². The maximum Gasteiger partial charge on any atom is 0.223 e. The third-order valence-electron chi connectivity index (χ3n) is 4.11. The zero-order valence-corrected chi connectivity index (χ0v) is 12.8. The van der Waals surface area contributed by atoms with Gasteiger partial charge in [-0.2, -0.15) is 0 Å². The first-order valence-corrected chi connectivity index (χ1v) is 7.22. The zero-order valence-electron chi connectivity index (χ0n) is 12.0. The monoisotopic (exact) mass is 270 g/mol. The van der Waals surface area contributed by atoms with Crippen molar-refractivity contribution in [3.8, 4) is 0 Å². The molecule has 1 saturated carbocycles. The van der Waals surface area contributed by atoms with Gasteiger partial charge >= 0.3 is 0 Å². The number of nitrogens with one attached hydrogen (secondary N) is 1. The Hall–Kier alpha value is -0.640. The number of thiocarbonyl (C=S) groups is 1. The molecule has 1 fully saturated rings. The van der Waals surface area contributed by atoms with Crippen LogP contribution >= 0.6 is 12.2 Å². The second-order valence-electron chi connectivity index (χ2n) is 6.55. The van der Waals surface area contributed by atoms with Crippen molar-refractivity contribution in [2.75, 3.05) is 0 Å². The highest BCUT2D eigenvalue weighted by Crippen LogP contribution is 2.39. The van der Waals surface area contributed by atoms with Gasteiger partial charge in [-0.05, 0) is 43.9 Å². The van der Waals surface area contributed by atoms with Crippen LogP contribution in [0.1, 0.15) is 53.4 Å². The van der Waals surface area contributed by atoms with Gasteiger partial charge in [-0.3, -0.25) is 4.79 Å². The first-order chi connectivity index (χ1) is 8.21. The molecule has 1 aliphatic rings. The molecule has 0 heterocycles. The molecule has 1 aliphatic carbocycles. The molecule has 0 aromatic carbocycles. The van der Waals surface area contributed by atoms with Gasteiger partial charge < -0.3 is 11.1 Å². The fourth-order valence-corrected chi connectivity index (χ4v) is 2.68. The first-order valence-electron chi connectivity index (χ1n) is 6.81. The molecule has 1 rings (SSSR count). The SMILES string of the molecule is CC(NC(=O)C1CCC(C(C)(C)C)CC1)C(N)=S. The summed E-state index contributed by atoms with van der Waals surface area (Å²) in [6, 6.07) is -0.201. The molecule has 104 valence electrons. The van der Waals surface area contributed by atoms with Gasteiger partial charge in [-0.15, -0.1) is 0 Å². The molecule has 0 bridgehead atoms. The minimum absolute atomic E-state index is 0.114. The number of carbonyl (C=O) groups excluding carboxylic acids is 1. The summed E-state index contributed by atoms with van der Waals surface area (Å²) in [7, 11) is 0. The van der Waals surface area contributed by atoms with Crippen LogP contribution in [0.15, 0.2) is 0 Å². The van der Waals surface area contributed by atoms with Gasteiger partial charge in [0.05, 0.1) is 11.0 Å². The molecule has 1 unspecified atom stereocenters. The van der Waals surface area contributed by atoms with Gasteiger partial charge in [0, 0.05) is 5.92 Å². The van der Waals surface area contributed by atoms with Crippen molar-refractivity contribution < 1.29 is 4.79 Å². The Balaban J connectivity index is 2.43. The van der Waals surface area contributed by atoms with E-state index in [0.29, 0.717) is 10.4 Å². The summed E-state index contributed by atoms with van der Waals surface area (Å²) >= 11 is 4.87. The molecule has 0 radical (unpaired) electrons. The molecule has 4 heteroatoms.